The topological polar surface area (TPSA) is 32.7 Å². The number of rotatable bonds is 3. The Balaban J connectivity index is 1.61. The molecule has 0 spiro atoms. The molecule has 1 aromatic carbocycles. The third kappa shape index (κ3) is 3.98. The summed E-state index contributed by atoms with van der Waals surface area (Å²) < 4.78 is 5.46. The summed E-state index contributed by atoms with van der Waals surface area (Å²) in [4.78, 5) is 2.57. The van der Waals surface area contributed by atoms with E-state index in [0.29, 0.717) is 12.0 Å². The summed E-state index contributed by atoms with van der Waals surface area (Å²) in [5.74, 6) is 0.322. The Kier molecular flexibility index (Phi) is 5.17. The molecule has 2 atom stereocenters. The number of nitrogens with zero attached hydrogens (tertiary/aromatic N) is 1. The van der Waals surface area contributed by atoms with Gasteiger partial charge >= 0.3 is 0 Å². The summed E-state index contributed by atoms with van der Waals surface area (Å²) in [7, 11) is 0. The number of ether oxygens (including phenoxy) is 1. The number of aliphatic hydroxyl groups is 1. The van der Waals surface area contributed by atoms with Crippen molar-refractivity contribution in [2.45, 2.75) is 37.8 Å². The zero-order chi connectivity index (χ0) is 14.7. The predicted octanol–water partition coefficient (Wildman–Crippen LogP) is 2.74. The molecule has 0 aliphatic carbocycles. The highest BCUT2D eigenvalue weighted by Crippen LogP contribution is 2.26. The van der Waals surface area contributed by atoms with Gasteiger partial charge in [-0.05, 0) is 43.4 Å². The lowest BCUT2D eigenvalue weighted by molar-refractivity contribution is -0.0218. The molecule has 0 aromatic heterocycles. The molecule has 2 heterocycles. The van der Waals surface area contributed by atoms with Crippen LogP contribution in [-0.2, 0) is 11.2 Å². The second-order valence-electron chi connectivity index (χ2n) is 6.29. The van der Waals surface area contributed by atoms with Gasteiger partial charge in [0.1, 0.15) is 0 Å². The third-order valence-corrected chi connectivity index (χ3v) is 5.10. The number of hydrogen-bond donors (Lipinski definition) is 1. The van der Waals surface area contributed by atoms with Gasteiger partial charge in [0.15, 0.2) is 0 Å². The van der Waals surface area contributed by atoms with Crippen LogP contribution in [0.5, 0.6) is 0 Å². The number of piperidine rings is 1. The van der Waals surface area contributed by atoms with E-state index in [2.05, 4.69) is 17.0 Å². The number of likely N-dealkylation sites (tertiary alicyclic amines) is 1. The third-order valence-electron chi connectivity index (χ3n) is 4.84. The number of aliphatic hydroxyl groups excluding tert-OH is 1. The van der Waals surface area contributed by atoms with Crippen LogP contribution in [0.1, 0.15) is 24.8 Å². The smallest absolute Gasteiger partial charge is 0.0596 e. The maximum Gasteiger partial charge on any atom is 0.0596 e. The van der Waals surface area contributed by atoms with E-state index in [1.165, 1.54) is 5.56 Å². The van der Waals surface area contributed by atoms with Crippen molar-refractivity contribution in [3.8, 4) is 0 Å². The monoisotopic (exact) mass is 309 g/mol. The summed E-state index contributed by atoms with van der Waals surface area (Å²) in [5.41, 5.74) is 1.26. The van der Waals surface area contributed by atoms with E-state index < -0.39 is 0 Å². The standard InChI is InChI=1S/C17H24ClNO2/c18-15-3-1-13(2-4-15)11-14-12-19(8-5-17(14)20)16-6-9-21-10-7-16/h1-4,14,16-17,20H,5-12H2/t14-,17+/m1/s1. The summed E-state index contributed by atoms with van der Waals surface area (Å²) in [6, 6.07) is 8.65. The molecule has 2 saturated heterocycles. The van der Waals surface area contributed by atoms with Crippen molar-refractivity contribution in [3.05, 3.63) is 34.9 Å². The average molecular weight is 310 g/mol. The lowest BCUT2D eigenvalue weighted by Crippen LogP contribution is -2.50. The average Bonchev–Trinajstić information content (AvgIpc) is 2.52. The van der Waals surface area contributed by atoms with Crippen LogP contribution in [0.15, 0.2) is 24.3 Å². The molecular formula is C17H24ClNO2. The Morgan fingerprint density at radius 1 is 1.14 bits per heavy atom. The van der Waals surface area contributed by atoms with E-state index in [4.69, 9.17) is 16.3 Å². The first kappa shape index (κ1) is 15.3. The SMILES string of the molecule is O[C@H]1CCN(C2CCOCC2)C[C@H]1Cc1ccc(Cl)cc1. The highest BCUT2D eigenvalue weighted by atomic mass is 35.5. The zero-order valence-corrected chi connectivity index (χ0v) is 13.1. The quantitative estimate of drug-likeness (QED) is 0.932. The van der Waals surface area contributed by atoms with Crippen LogP contribution >= 0.6 is 11.6 Å². The molecule has 0 amide bonds. The van der Waals surface area contributed by atoms with Crippen molar-refractivity contribution in [2.75, 3.05) is 26.3 Å². The molecule has 2 fully saturated rings. The largest absolute Gasteiger partial charge is 0.393 e. The van der Waals surface area contributed by atoms with Gasteiger partial charge in [0.25, 0.3) is 0 Å². The highest BCUT2D eigenvalue weighted by molar-refractivity contribution is 6.30. The van der Waals surface area contributed by atoms with Crippen LogP contribution in [0, 0.1) is 5.92 Å². The van der Waals surface area contributed by atoms with Crippen LogP contribution in [-0.4, -0.2) is 48.5 Å². The number of halogens is 1. The van der Waals surface area contributed by atoms with Gasteiger partial charge in [0, 0.05) is 43.3 Å². The Morgan fingerprint density at radius 2 is 1.86 bits per heavy atom. The van der Waals surface area contributed by atoms with E-state index in [-0.39, 0.29) is 6.10 Å². The van der Waals surface area contributed by atoms with Gasteiger partial charge in [0.05, 0.1) is 6.10 Å². The van der Waals surface area contributed by atoms with E-state index in [0.717, 1.165) is 57.0 Å². The summed E-state index contributed by atoms with van der Waals surface area (Å²) in [6.07, 6.45) is 3.89. The molecule has 1 N–H and O–H groups in total. The molecule has 21 heavy (non-hydrogen) atoms. The molecule has 4 heteroatoms. The summed E-state index contributed by atoms with van der Waals surface area (Å²) in [5, 5.41) is 11.1. The van der Waals surface area contributed by atoms with Gasteiger partial charge < -0.3 is 9.84 Å². The normalized spacial score (nSPS) is 28.7. The van der Waals surface area contributed by atoms with Crippen LogP contribution in [0.25, 0.3) is 0 Å². The molecule has 2 aliphatic rings. The van der Waals surface area contributed by atoms with Gasteiger partial charge in [-0.1, -0.05) is 23.7 Å². The molecule has 0 bridgehead atoms. The first-order valence-electron chi connectivity index (χ1n) is 7.96. The molecule has 3 rings (SSSR count). The predicted molar refractivity (Wildman–Crippen MR) is 84.7 cm³/mol. The van der Waals surface area contributed by atoms with Crippen molar-refractivity contribution < 1.29 is 9.84 Å². The summed E-state index contributed by atoms with van der Waals surface area (Å²) >= 11 is 5.94. The molecular weight excluding hydrogens is 286 g/mol. The second kappa shape index (κ2) is 7.10. The van der Waals surface area contributed by atoms with E-state index in [1.54, 1.807) is 0 Å². The van der Waals surface area contributed by atoms with Gasteiger partial charge in [0.2, 0.25) is 0 Å². The number of benzene rings is 1. The lowest BCUT2D eigenvalue weighted by Gasteiger charge is -2.42. The number of hydrogen-bond acceptors (Lipinski definition) is 3. The minimum Gasteiger partial charge on any atom is -0.393 e. The fourth-order valence-corrected chi connectivity index (χ4v) is 3.68. The molecule has 1 aromatic rings. The van der Waals surface area contributed by atoms with Crippen molar-refractivity contribution in [1.82, 2.24) is 4.90 Å². The van der Waals surface area contributed by atoms with E-state index >= 15 is 0 Å². The molecule has 116 valence electrons. The van der Waals surface area contributed by atoms with Crippen LogP contribution in [0.2, 0.25) is 5.02 Å². The first-order chi connectivity index (χ1) is 10.2. The van der Waals surface area contributed by atoms with Crippen molar-refractivity contribution >= 4 is 11.6 Å². The van der Waals surface area contributed by atoms with Crippen LogP contribution in [0.4, 0.5) is 0 Å². The maximum atomic E-state index is 10.3. The highest BCUT2D eigenvalue weighted by Gasteiger charge is 2.32. The van der Waals surface area contributed by atoms with E-state index in [1.807, 2.05) is 12.1 Å². The van der Waals surface area contributed by atoms with Crippen LogP contribution in [0.3, 0.4) is 0 Å². The molecule has 3 nitrogen and oxygen atoms in total. The van der Waals surface area contributed by atoms with Crippen molar-refractivity contribution in [2.24, 2.45) is 5.92 Å². The summed E-state index contributed by atoms with van der Waals surface area (Å²) in [6.45, 7) is 3.77. The molecule has 0 radical (unpaired) electrons. The Morgan fingerprint density at radius 3 is 2.57 bits per heavy atom. The Labute approximate surface area is 131 Å². The second-order valence-corrected chi connectivity index (χ2v) is 6.72. The lowest BCUT2D eigenvalue weighted by atomic mass is 9.87. The Hall–Kier alpha value is -0.610. The van der Waals surface area contributed by atoms with Gasteiger partial charge in [-0.15, -0.1) is 0 Å². The van der Waals surface area contributed by atoms with Crippen molar-refractivity contribution in [1.29, 1.82) is 0 Å². The fraction of sp³-hybridized carbons (Fsp3) is 0.647. The Bertz CT molecular complexity index is 445. The van der Waals surface area contributed by atoms with E-state index in [9.17, 15) is 5.11 Å². The van der Waals surface area contributed by atoms with Crippen LogP contribution < -0.4 is 0 Å². The zero-order valence-electron chi connectivity index (χ0n) is 12.4. The molecule has 0 saturated carbocycles. The first-order valence-corrected chi connectivity index (χ1v) is 8.34. The van der Waals surface area contributed by atoms with Gasteiger partial charge in [-0.2, -0.15) is 0 Å². The molecule has 2 aliphatic heterocycles. The fourth-order valence-electron chi connectivity index (χ4n) is 3.55. The molecule has 0 unspecified atom stereocenters. The maximum absolute atomic E-state index is 10.3. The van der Waals surface area contributed by atoms with Gasteiger partial charge in [-0.25, -0.2) is 0 Å². The van der Waals surface area contributed by atoms with Crippen molar-refractivity contribution in [3.63, 3.8) is 0 Å². The van der Waals surface area contributed by atoms with Gasteiger partial charge in [-0.3, -0.25) is 4.90 Å². The minimum atomic E-state index is -0.184. The minimum absolute atomic E-state index is 0.184.